The van der Waals surface area contributed by atoms with Crippen molar-refractivity contribution in [3.05, 3.63) is 36.5 Å². The van der Waals surface area contributed by atoms with Gasteiger partial charge < -0.3 is 15.2 Å². The first-order valence-corrected chi connectivity index (χ1v) is 8.32. The SMILES string of the molecule is CC1(C)C(=O)NCCN1CC(=O)NCCn1ccc2ccccc21. The van der Waals surface area contributed by atoms with Gasteiger partial charge in [0, 0.05) is 37.9 Å². The van der Waals surface area contributed by atoms with Crippen molar-refractivity contribution in [2.24, 2.45) is 0 Å². The highest BCUT2D eigenvalue weighted by molar-refractivity contribution is 5.87. The lowest BCUT2D eigenvalue weighted by Gasteiger charge is -2.40. The van der Waals surface area contributed by atoms with Crippen molar-refractivity contribution >= 4 is 22.7 Å². The van der Waals surface area contributed by atoms with Crippen molar-refractivity contribution in [1.29, 1.82) is 0 Å². The molecular formula is C18H24N4O2. The van der Waals surface area contributed by atoms with E-state index in [0.717, 1.165) is 6.54 Å². The molecule has 0 aliphatic carbocycles. The van der Waals surface area contributed by atoms with Gasteiger partial charge in [-0.2, -0.15) is 0 Å². The third-order valence-corrected chi connectivity index (χ3v) is 4.70. The summed E-state index contributed by atoms with van der Waals surface area (Å²) < 4.78 is 2.13. The molecule has 0 unspecified atom stereocenters. The number of hydrogen-bond acceptors (Lipinski definition) is 3. The Kier molecular flexibility index (Phi) is 4.57. The fourth-order valence-corrected chi connectivity index (χ4v) is 3.10. The summed E-state index contributed by atoms with van der Waals surface area (Å²) in [6, 6.07) is 10.3. The van der Waals surface area contributed by atoms with Gasteiger partial charge in [0.1, 0.15) is 0 Å². The van der Waals surface area contributed by atoms with Gasteiger partial charge in [0.05, 0.1) is 12.1 Å². The first kappa shape index (κ1) is 16.5. The van der Waals surface area contributed by atoms with Crippen LogP contribution < -0.4 is 10.6 Å². The minimum absolute atomic E-state index is 0.0274. The lowest BCUT2D eigenvalue weighted by atomic mass is 9.99. The first-order valence-electron chi connectivity index (χ1n) is 8.32. The molecule has 2 heterocycles. The summed E-state index contributed by atoms with van der Waals surface area (Å²) in [6.07, 6.45) is 2.04. The summed E-state index contributed by atoms with van der Waals surface area (Å²) in [4.78, 5) is 26.0. The number of rotatable bonds is 5. The fraction of sp³-hybridized carbons (Fsp3) is 0.444. The Morgan fingerprint density at radius 2 is 2.08 bits per heavy atom. The van der Waals surface area contributed by atoms with Crippen LogP contribution in [0.1, 0.15) is 13.8 Å². The van der Waals surface area contributed by atoms with Crippen molar-refractivity contribution in [2.75, 3.05) is 26.2 Å². The molecule has 2 aromatic rings. The van der Waals surface area contributed by atoms with Crippen LogP contribution in [0, 0.1) is 0 Å². The van der Waals surface area contributed by atoms with E-state index in [1.54, 1.807) is 0 Å². The zero-order chi connectivity index (χ0) is 17.2. The molecule has 1 aliphatic heterocycles. The van der Waals surface area contributed by atoms with Gasteiger partial charge in [-0.25, -0.2) is 0 Å². The molecule has 2 N–H and O–H groups in total. The molecule has 0 radical (unpaired) electrons. The molecule has 3 rings (SSSR count). The van der Waals surface area contributed by atoms with E-state index >= 15 is 0 Å². The van der Waals surface area contributed by atoms with Crippen LogP contribution in [-0.4, -0.2) is 53.0 Å². The zero-order valence-corrected chi connectivity index (χ0v) is 14.2. The molecule has 0 bridgehead atoms. The number of aromatic nitrogens is 1. The van der Waals surface area contributed by atoms with Gasteiger partial charge in [-0.1, -0.05) is 18.2 Å². The standard InChI is InChI=1S/C18H24N4O2/c1-18(2)17(24)20-9-12-22(18)13-16(23)19-8-11-21-10-7-14-5-3-4-6-15(14)21/h3-7,10H,8-9,11-13H2,1-2H3,(H,19,23)(H,20,24). The summed E-state index contributed by atoms with van der Waals surface area (Å²) in [7, 11) is 0. The number of nitrogens with zero attached hydrogens (tertiary/aromatic N) is 2. The summed E-state index contributed by atoms with van der Waals surface area (Å²) in [6.45, 7) is 6.51. The number of amides is 2. The number of nitrogens with one attached hydrogen (secondary N) is 2. The third kappa shape index (κ3) is 3.28. The highest BCUT2D eigenvalue weighted by Crippen LogP contribution is 2.17. The number of fused-ring (bicyclic) bond motifs is 1. The number of carbonyl (C=O) groups excluding carboxylic acids is 2. The average molecular weight is 328 g/mol. The Labute approximate surface area is 141 Å². The Bertz CT molecular complexity index is 750. The normalized spacial score (nSPS) is 17.7. The van der Waals surface area contributed by atoms with Crippen LogP contribution >= 0.6 is 0 Å². The van der Waals surface area contributed by atoms with Gasteiger partial charge >= 0.3 is 0 Å². The lowest BCUT2D eigenvalue weighted by molar-refractivity contribution is -0.137. The van der Waals surface area contributed by atoms with Crippen molar-refractivity contribution in [2.45, 2.75) is 25.9 Å². The van der Waals surface area contributed by atoms with E-state index < -0.39 is 5.54 Å². The van der Waals surface area contributed by atoms with Crippen LogP contribution in [0.5, 0.6) is 0 Å². The molecule has 0 atom stereocenters. The highest BCUT2D eigenvalue weighted by Gasteiger charge is 2.38. The van der Waals surface area contributed by atoms with Crippen molar-refractivity contribution in [1.82, 2.24) is 20.1 Å². The molecule has 1 aromatic carbocycles. The van der Waals surface area contributed by atoms with Gasteiger partial charge in [0.15, 0.2) is 0 Å². The maximum absolute atomic E-state index is 12.2. The van der Waals surface area contributed by atoms with E-state index in [-0.39, 0.29) is 18.4 Å². The van der Waals surface area contributed by atoms with E-state index in [1.807, 2.05) is 37.1 Å². The maximum Gasteiger partial charge on any atom is 0.240 e. The predicted molar refractivity (Wildman–Crippen MR) is 93.6 cm³/mol. The van der Waals surface area contributed by atoms with Crippen LogP contribution in [0.2, 0.25) is 0 Å². The molecule has 1 saturated heterocycles. The summed E-state index contributed by atoms with van der Waals surface area (Å²) in [5.74, 6) is -0.0744. The second-order valence-electron chi connectivity index (χ2n) is 6.65. The maximum atomic E-state index is 12.2. The quantitative estimate of drug-likeness (QED) is 0.859. The molecule has 6 heteroatoms. The van der Waals surface area contributed by atoms with Gasteiger partial charge in [0.25, 0.3) is 0 Å². The van der Waals surface area contributed by atoms with E-state index in [9.17, 15) is 9.59 Å². The number of para-hydroxylation sites is 1. The van der Waals surface area contributed by atoms with Crippen LogP contribution in [0.15, 0.2) is 36.5 Å². The zero-order valence-electron chi connectivity index (χ0n) is 14.2. The van der Waals surface area contributed by atoms with Crippen molar-refractivity contribution in [3.8, 4) is 0 Å². The van der Waals surface area contributed by atoms with Crippen LogP contribution in [-0.2, 0) is 16.1 Å². The van der Waals surface area contributed by atoms with E-state index in [1.165, 1.54) is 10.9 Å². The van der Waals surface area contributed by atoms with Crippen LogP contribution in [0.3, 0.4) is 0 Å². The Morgan fingerprint density at radius 1 is 1.29 bits per heavy atom. The van der Waals surface area contributed by atoms with E-state index in [0.29, 0.717) is 19.6 Å². The summed E-state index contributed by atoms with van der Waals surface area (Å²) in [5, 5.41) is 6.99. The monoisotopic (exact) mass is 328 g/mol. The largest absolute Gasteiger partial charge is 0.353 e. The first-order chi connectivity index (χ1) is 11.5. The Hall–Kier alpha value is -2.34. The molecule has 0 saturated carbocycles. The van der Waals surface area contributed by atoms with Gasteiger partial charge in [-0.3, -0.25) is 14.5 Å². The van der Waals surface area contributed by atoms with Crippen LogP contribution in [0.4, 0.5) is 0 Å². The molecule has 24 heavy (non-hydrogen) atoms. The minimum Gasteiger partial charge on any atom is -0.353 e. The summed E-state index contributed by atoms with van der Waals surface area (Å²) in [5.41, 5.74) is 0.521. The van der Waals surface area contributed by atoms with Crippen molar-refractivity contribution in [3.63, 3.8) is 0 Å². The molecule has 6 nitrogen and oxygen atoms in total. The molecule has 1 aliphatic rings. The number of piperazine rings is 1. The third-order valence-electron chi connectivity index (χ3n) is 4.70. The highest BCUT2D eigenvalue weighted by atomic mass is 16.2. The molecule has 1 aromatic heterocycles. The molecular weight excluding hydrogens is 304 g/mol. The smallest absolute Gasteiger partial charge is 0.240 e. The fourth-order valence-electron chi connectivity index (χ4n) is 3.10. The molecule has 2 amide bonds. The predicted octanol–water partition coefficient (Wildman–Crippen LogP) is 0.968. The number of carbonyl (C=O) groups is 2. The van der Waals surface area contributed by atoms with Gasteiger partial charge in [-0.05, 0) is 31.4 Å². The molecule has 0 spiro atoms. The van der Waals surface area contributed by atoms with Gasteiger partial charge in [0.2, 0.25) is 11.8 Å². The number of benzene rings is 1. The molecule has 128 valence electrons. The van der Waals surface area contributed by atoms with E-state index in [2.05, 4.69) is 33.4 Å². The Morgan fingerprint density at radius 3 is 2.92 bits per heavy atom. The summed E-state index contributed by atoms with van der Waals surface area (Å²) >= 11 is 0. The topological polar surface area (TPSA) is 66.4 Å². The number of hydrogen-bond donors (Lipinski definition) is 2. The Balaban J connectivity index is 1.52. The van der Waals surface area contributed by atoms with E-state index in [4.69, 9.17) is 0 Å². The van der Waals surface area contributed by atoms with Crippen LogP contribution in [0.25, 0.3) is 10.9 Å². The van der Waals surface area contributed by atoms with Crippen molar-refractivity contribution < 1.29 is 9.59 Å². The van der Waals surface area contributed by atoms with Gasteiger partial charge in [-0.15, -0.1) is 0 Å². The minimum atomic E-state index is -0.647. The second-order valence-corrected chi connectivity index (χ2v) is 6.65. The molecule has 1 fully saturated rings. The second kappa shape index (κ2) is 6.65. The average Bonchev–Trinajstić information content (AvgIpc) is 2.96. The lowest BCUT2D eigenvalue weighted by Crippen LogP contribution is -2.63.